The van der Waals surface area contributed by atoms with Crippen LogP contribution in [0.1, 0.15) is 91.8 Å². The van der Waals surface area contributed by atoms with E-state index in [-0.39, 0.29) is 23.6 Å². The fourth-order valence-electron chi connectivity index (χ4n) is 5.75. The molecule has 0 spiro atoms. The quantitative estimate of drug-likeness (QED) is 0.302. The van der Waals surface area contributed by atoms with E-state index in [4.69, 9.17) is 16.3 Å². The highest BCUT2D eigenvalue weighted by molar-refractivity contribution is 7.91. The number of amides is 1. The van der Waals surface area contributed by atoms with Gasteiger partial charge in [-0.2, -0.15) is 13.2 Å². The third-order valence-electron chi connectivity index (χ3n) is 8.30. The van der Waals surface area contributed by atoms with Crippen LogP contribution in [0.4, 0.5) is 22.0 Å². The van der Waals surface area contributed by atoms with Gasteiger partial charge in [0, 0.05) is 18.6 Å². The Bertz CT molecular complexity index is 1480. The van der Waals surface area contributed by atoms with Gasteiger partial charge < -0.3 is 4.74 Å². The normalized spacial score (nSPS) is 23.6. The number of carbonyl (C=O) groups is 1. The Hall–Kier alpha value is -2.44. The molecule has 3 aliphatic rings. The van der Waals surface area contributed by atoms with E-state index in [2.05, 4.69) is 4.90 Å². The molecule has 42 heavy (non-hydrogen) atoms. The minimum Gasteiger partial charge on any atom is -0.487 e. The minimum atomic E-state index is -4.71. The number of hydrogen-bond donors (Lipinski definition) is 1. The third-order valence-corrected chi connectivity index (χ3v) is 10.4. The summed E-state index contributed by atoms with van der Waals surface area (Å²) in [6.45, 7) is 4.22. The molecule has 0 unspecified atom stereocenters. The van der Waals surface area contributed by atoms with Gasteiger partial charge in [-0.05, 0) is 93.2 Å². The second-order valence-corrected chi connectivity index (χ2v) is 13.9. The lowest BCUT2D eigenvalue weighted by Crippen LogP contribution is -2.50. The number of nitrogens with one attached hydrogen (secondary N) is 1. The molecule has 0 radical (unpaired) electrons. The molecule has 2 saturated carbocycles. The van der Waals surface area contributed by atoms with Crippen molar-refractivity contribution in [1.29, 1.82) is 0 Å². The standard InChI is InChI=1S/C29H32ClF5N2O4S/c1-3-19-12-20(41-26-11-18(29(33,34)35)10-24(30)27(26)32)8-15(2)37(19)14-17-9-25(31)23(13-22(17)16-4-5-16)28(38)36-42(39,40)21-6-7-21/h9-11,13,15-16,19-21H,3-8,12,14H2,1-2H3,(H,36,38)/t15-,19+,20+/m0/s1. The number of ether oxygens (including phenoxy) is 1. The zero-order valence-electron chi connectivity index (χ0n) is 23.1. The second kappa shape index (κ2) is 11.6. The molecule has 2 aromatic rings. The molecule has 1 saturated heterocycles. The van der Waals surface area contributed by atoms with Crippen molar-refractivity contribution >= 4 is 27.5 Å². The summed E-state index contributed by atoms with van der Waals surface area (Å²) in [5.41, 5.74) is 0.0839. The third kappa shape index (κ3) is 6.70. The molecule has 0 aromatic heterocycles. The molecular weight excluding hydrogens is 603 g/mol. The minimum absolute atomic E-state index is 0.107. The number of benzene rings is 2. The summed E-state index contributed by atoms with van der Waals surface area (Å²) in [6.07, 6.45) is -1.18. The van der Waals surface area contributed by atoms with Crippen LogP contribution in [-0.2, 0) is 22.7 Å². The predicted octanol–water partition coefficient (Wildman–Crippen LogP) is 6.95. The number of halogens is 6. The lowest BCUT2D eigenvalue weighted by atomic mass is 9.90. The first-order chi connectivity index (χ1) is 19.7. The van der Waals surface area contributed by atoms with Crippen molar-refractivity contribution in [2.45, 2.75) is 101 Å². The van der Waals surface area contributed by atoms with Gasteiger partial charge in [0.1, 0.15) is 11.9 Å². The molecule has 0 bridgehead atoms. The van der Waals surface area contributed by atoms with Crippen molar-refractivity contribution < 1.29 is 39.9 Å². The van der Waals surface area contributed by atoms with Crippen LogP contribution in [0.3, 0.4) is 0 Å². The van der Waals surface area contributed by atoms with Crippen LogP contribution >= 0.6 is 11.6 Å². The Morgan fingerprint density at radius 3 is 2.38 bits per heavy atom. The van der Waals surface area contributed by atoms with Crippen LogP contribution in [0.25, 0.3) is 0 Å². The average Bonchev–Trinajstić information content (AvgIpc) is 3.80. The van der Waals surface area contributed by atoms with Gasteiger partial charge in [0.15, 0.2) is 11.6 Å². The van der Waals surface area contributed by atoms with E-state index >= 15 is 4.39 Å². The number of alkyl halides is 3. The molecule has 3 atom stereocenters. The first-order valence-electron chi connectivity index (χ1n) is 14.0. The highest BCUT2D eigenvalue weighted by Crippen LogP contribution is 2.44. The van der Waals surface area contributed by atoms with E-state index in [0.717, 1.165) is 18.4 Å². The van der Waals surface area contributed by atoms with Crippen LogP contribution in [-0.4, -0.2) is 42.7 Å². The van der Waals surface area contributed by atoms with Crippen LogP contribution in [0.5, 0.6) is 5.75 Å². The highest BCUT2D eigenvalue weighted by Gasteiger charge is 2.39. The Kier molecular flexibility index (Phi) is 8.54. The number of hydrogen-bond acceptors (Lipinski definition) is 5. The topological polar surface area (TPSA) is 75.7 Å². The fraction of sp³-hybridized carbons (Fsp3) is 0.552. The number of rotatable bonds is 9. The van der Waals surface area contributed by atoms with E-state index in [0.29, 0.717) is 56.3 Å². The Labute approximate surface area is 246 Å². The van der Waals surface area contributed by atoms with Crippen molar-refractivity contribution in [3.63, 3.8) is 0 Å². The largest absolute Gasteiger partial charge is 0.487 e. The van der Waals surface area contributed by atoms with Gasteiger partial charge >= 0.3 is 6.18 Å². The summed E-state index contributed by atoms with van der Waals surface area (Å²) in [5.74, 6) is -3.25. The van der Waals surface area contributed by atoms with E-state index in [1.54, 1.807) is 0 Å². The van der Waals surface area contributed by atoms with Gasteiger partial charge in [-0.1, -0.05) is 18.5 Å². The Morgan fingerprint density at radius 1 is 1.10 bits per heavy atom. The van der Waals surface area contributed by atoms with Gasteiger partial charge in [-0.15, -0.1) is 0 Å². The molecule has 230 valence electrons. The predicted molar refractivity (Wildman–Crippen MR) is 147 cm³/mol. The molecule has 2 aromatic carbocycles. The summed E-state index contributed by atoms with van der Waals surface area (Å²) >= 11 is 5.73. The highest BCUT2D eigenvalue weighted by atomic mass is 35.5. The summed E-state index contributed by atoms with van der Waals surface area (Å²) in [5, 5.41) is -1.29. The maximum Gasteiger partial charge on any atom is 0.416 e. The zero-order chi connectivity index (χ0) is 30.6. The fourth-order valence-corrected chi connectivity index (χ4v) is 7.25. The maximum absolute atomic E-state index is 15.3. The van der Waals surface area contributed by atoms with Gasteiger partial charge in [0.05, 0.1) is 21.4 Å². The molecule has 13 heteroatoms. The Balaban J connectivity index is 1.34. The summed E-state index contributed by atoms with van der Waals surface area (Å²) in [4.78, 5) is 14.9. The van der Waals surface area contributed by atoms with Crippen LogP contribution in [0.15, 0.2) is 24.3 Å². The average molecular weight is 635 g/mol. The van der Waals surface area contributed by atoms with Crippen LogP contribution in [0.2, 0.25) is 5.02 Å². The number of sulfonamides is 1. The summed E-state index contributed by atoms with van der Waals surface area (Å²) in [7, 11) is -3.84. The Morgan fingerprint density at radius 2 is 1.79 bits per heavy atom. The molecule has 1 heterocycles. The lowest BCUT2D eigenvalue weighted by Gasteiger charge is -2.44. The maximum atomic E-state index is 15.3. The van der Waals surface area contributed by atoms with Gasteiger partial charge in [0.25, 0.3) is 5.91 Å². The van der Waals surface area contributed by atoms with Crippen LogP contribution in [0, 0.1) is 11.6 Å². The van der Waals surface area contributed by atoms with Crippen molar-refractivity contribution in [3.8, 4) is 5.75 Å². The van der Waals surface area contributed by atoms with Crippen molar-refractivity contribution in [3.05, 3.63) is 63.2 Å². The van der Waals surface area contributed by atoms with Crippen LogP contribution < -0.4 is 9.46 Å². The van der Waals surface area contributed by atoms with Crippen molar-refractivity contribution in [2.24, 2.45) is 0 Å². The van der Waals surface area contributed by atoms with E-state index in [1.807, 2.05) is 18.6 Å². The molecule has 6 nitrogen and oxygen atoms in total. The first-order valence-corrected chi connectivity index (χ1v) is 16.0. The molecule has 1 aliphatic heterocycles. The number of carbonyl (C=O) groups excluding carboxylic acids is 1. The van der Waals surface area contributed by atoms with Gasteiger partial charge in [0.2, 0.25) is 10.0 Å². The summed E-state index contributed by atoms with van der Waals surface area (Å²) < 4.78 is 102. The summed E-state index contributed by atoms with van der Waals surface area (Å²) in [6, 6.07) is 3.65. The van der Waals surface area contributed by atoms with E-state index < -0.39 is 61.4 Å². The van der Waals surface area contributed by atoms with Gasteiger partial charge in [-0.25, -0.2) is 21.9 Å². The monoisotopic (exact) mass is 634 g/mol. The van der Waals surface area contributed by atoms with Gasteiger partial charge in [-0.3, -0.25) is 9.69 Å². The SMILES string of the molecule is CC[C@@H]1C[C@H](Oc2cc(C(F)(F)F)cc(Cl)c2F)C[C@H](C)N1Cc1cc(F)c(C(=O)NS(=O)(=O)C2CC2)cc1C1CC1. The number of likely N-dealkylation sites (tertiary alicyclic amines) is 1. The van der Waals surface area contributed by atoms with Crippen molar-refractivity contribution in [1.82, 2.24) is 9.62 Å². The number of nitrogens with zero attached hydrogens (tertiary/aromatic N) is 1. The molecule has 1 N–H and O–H groups in total. The molecule has 1 amide bonds. The lowest BCUT2D eigenvalue weighted by molar-refractivity contribution is -0.137. The van der Waals surface area contributed by atoms with E-state index in [9.17, 15) is 30.8 Å². The number of piperidine rings is 1. The first kappa shape index (κ1) is 31.0. The molecule has 2 aliphatic carbocycles. The van der Waals surface area contributed by atoms with Crippen molar-refractivity contribution in [2.75, 3.05) is 0 Å². The van der Waals surface area contributed by atoms with E-state index in [1.165, 1.54) is 12.1 Å². The second-order valence-electron chi connectivity index (χ2n) is 11.5. The molecular formula is C29H32ClF5N2O4S. The molecule has 5 rings (SSSR count). The zero-order valence-corrected chi connectivity index (χ0v) is 24.7. The molecule has 3 fully saturated rings. The smallest absolute Gasteiger partial charge is 0.416 e.